The first kappa shape index (κ1) is 22.8. The molecule has 0 aromatic heterocycles. The van der Waals surface area contributed by atoms with Crippen molar-refractivity contribution in [1.29, 1.82) is 0 Å². The second-order valence-electron chi connectivity index (χ2n) is 11.2. The van der Waals surface area contributed by atoms with Gasteiger partial charge in [0.1, 0.15) is 17.6 Å². The third-order valence-electron chi connectivity index (χ3n) is 9.45. The second kappa shape index (κ2) is 8.04. The molecular formula is C32H31NO4. The van der Waals surface area contributed by atoms with Crippen LogP contribution < -0.4 is 9.47 Å². The Morgan fingerprint density at radius 2 is 1.70 bits per heavy atom. The lowest BCUT2D eigenvalue weighted by Crippen LogP contribution is -2.64. The highest BCUT2D eigenvalue weighted by molar-refractivity contribution is 5.89. The molecule has 7 rings (SSSR count). The number of hydrogen-bond donors (Lipinski definition) is 1. The van der Waals surface area contributed by atoms with Crippen molar-refractivity contribution in [3.05, 3.63) is 107 Å². The lowest BCUT2D eigenvalue weighted by atomic mass is 9.53. The van der Waals surface area contributed by atoms with Gasteiger partial charge in [-0.25, -0.2) is 0 Å². The number of esters is 1. The van der Waals surface area contributed by atoms with Crippen molar-refractivity contribution in [2.24, 2.45) is 5.92 Å². The van der Waals surface area contributed by atoms with Crippen molar-refractivity contribution in [1.82, 2.24) is 4.90 Å². The van der Waals surface area contributed by atoms with E-state index in [1.807, 2.05) is 79.7 Å². The van der Waals surface area contributed by atoms with Crippen molar-refractivity contribution in [2.45, 2.75) is 48.8 Å². The van der Waals surface area contributed by atoms with Crippen molar-refractivity contribution < 1.29 is 19.4 Å². The minimum Gasteiger partial charge on any atom is -0.482 e. The number of nitrogens with zero attached hydrogens (tertiary/aromatic N) is 1. The van der Waals surface area contributed by atoms with E-state index in [1.54, 1.807) is 0 Å². The standard InChI is InChI=1S/C32H31NO4/c1-31(21-9-5-3-6-10-21,22-11-7-4-8-12-22)30(35)36-26-16-13-20-19-24-23-14-15-25(34)29-32(23,17-18-33(24)2)27(20)28(26)37-29/h3-16,23-25,29,34H,17-19H2,1-2H3/t23-,24+,25-,29-,32-/m0/s1. The van der Waals surface area contributed by atoms with Crippen LogP contribution in [0.1, 0.15) is 35.6 Å². The largest absolute Gasteiger partial charge is 0.482 e. The zero-order valence-electron chi connectivity index (χ0n) is 21.1. The van der Waals surface area contributed by atoms with Crippen LogP contribution in [0.2, 0.25) is 0 Å². The highest BCUT2D eigenvalue weighted by Gasteiger charge is 2.64. The first-order valence-corrected chi connectivity index (χ1v) is 13.2. The van der Waals surface area contributed by atoms with Gasteiger partial charge in [-0.2, -0.15) is 0 Å². The summed E-state index contributed by atoms with van der Waals surface area (Å²) >= 11 is 0. The summed E-state index contributed by atoms with van der Waals surface area (Å²) in [6, 6.07) is 23.9. The maximum absolute atomic E-state index is 14.1. The Hall–Kier alpha value is -3.41. The van der Waals surface area contributed by atoms with E-state index in [0.717, 1.165) is 36.1 Å². The van der Waals surface area contributed by atoms with Crippen LogP contribution in [0, 0.1) is 5.92 Å². The molecule has 1 fully saturated rings. The van der Waals surface area contributed by atoms with Crippen LogP contribution in [0.3, 0.4) is 0 Å². The molecule has 0 saturated carbocycles. The molecule has 37 heavy (non-hydrogen) atoms. The molecule has 2 bridgehead atoms. The molecule has 3 aromatic rings. The number of likely N-dealkylation sites (N-methyl/N-ethyl adjacent to an activating group) is 1. The lowest BCUT2D eigenvalue weighted by molar-refractivity contribution is -0.138. The van der Waals surface area contributed by atoms with Gasteiger partial charge in [0.25, 0.3) is 0 Å². The van der Waals surface area contributed by atoms with Crippen LogP contribution in [-0.2, 0) is 22.0 Å². The summed E-state index contributed by atoms with van der Waals surface area (Å²) in [5.74, 6) is 0.978. The SMILES string of the molecule is CN1CC[C@]23c4c5ccc(OC(=O)C(C)(c6ccccc6)c6ccccc6)c4O[C@H]2[C@@H](O)C=C[C@H]3[C@H]1C5. The maximum atomic E-state index is 14.1. The number of aliphatic hydroxyl groups excluding tert-OH is 1. The first-order valence-electron chi connectivity index (χ1n) is 13.2. The number of benzene rings is 3. The van der Waals surface area contributed by atoms with Gasteiger partial charge < -0.3 is 19.5 Å². The quantitative estimate of drug-likeness (QED) is 0.332. The molecule has 0 unspecified atom stereocenters. The summed E-state index contributed by atoms with van der Waals surface area (Å²) in [6.45, 7) is 2.87. The molecule has 2 aliphatic heterocycles. The molecule has 3 aromatic carbocycles. The van der Waals surface area contributed by atoms with E-state index < -0.39 is 11.5 Å². The minimum atomic E-state index is -1.00. The fraction of sp³-hybridized carbons (Fsp3) is 0.344. The van der Waals surface area contributed by atoms with E-state index in [0.29, 0.717) is 17.5 Å². The van der Waals surface area contributed by atoms with Gasteiger partial charge in [0.15, 0.2) is 11.5 Å². The summed E-state index contributed by atoms with van der Waals surface area (Å²) in [5.41, 5.74) is 2.82. The lowest BCUT2D eigenvalue weighted by Gasteiger charge is -2.56. The van der Waals surface area contributed by atoms with Crippen LogP contribution in [0.15, 0.2) is 84.9 Å². The number of aliphatic hydroxyl groups is 1. The Morgan fingerprint density at radius 1 is 1.03 bits per heavy atom. The fourth-order valence-corrected chi connectivity index (χ4v) is 7.46. The minimum absolute atomic E-state index is 0.262. The Morgan fingerprint density at radius 3 is 2.38 bits per heavy atom. The number of piperidine rings is 1. The highest BCUT2D eigenvalue weighted by atomic mass is 16.6. The number of hydrogen-bond acceptors (Lipinski definition) is 5. The second-order valence-corrected chi connectivity index (χ2v) is 11.2. The Balaban J connectivity index is 1.33. The number of likely N-dealkylation sites (tertiary alicyclic amines) is 1. The number of carbonyl (C=O) groups is 1. The molecule has 1 spiro atoms. The summed E-state index contributed by atoms with van der Waals surface area (Å²) in [6.07, 6.45) is 4.85. The molecule has 2 heterocycles. The average molecular weight is 494 g/mol. The van der Waals surface area contributed by atoms with Gasteiger partial charge in [-0.05, 0) is 56.1 Å². The molecule has 4 aliphatic rings. The van der Waals surface area contributed by atoms with E-state index in [-0.39, 0.29) is 23.4 Å². The van der Waals surface area contributed by atoms with Crippen molar-refractivity contribution in [3.63, 3.8) is 0 Å². The maximum Gasteiger partial charge on any atom is 0.326 e. The molecule has 2 aliphatic carbocycles. The van der Waals surface area contributed by atoms with E-state index in [2.05, 4.69) is 24.1 Å². The van der Waals surface area contributed by atoms with Gasteiger partial charge in [-0.1, -0.05) is 78.9 Å². The monoisotopic (exact) mass is 493 g/mol. The summed E-state index contributed by atoms with van der Waals surface area (Å²) < 4.78 is 12.9. The molecule has 1 saturated heterocycles. The average Bonchev–Trinajstić information content (AvgIpc) is 3.29. The van der Waals surface area contributed by atoms with Crippen LogP contribution in [0.5, 0.6) is 11.5 Å². The van der Waals surface area contributed by atoms with Crippen molar-refractivity contribution in [3.8, 4) is 11.5 Å². The van der Waals surface area contributed by atoms with Gasteiger partial charge in [0.2, 0.25) is 0 Å². The zero-order valence-corrected chi connectivity index (χ0v) is 21.1. The molecule has 1 N–H and O–H groups in total. The van der Waals surface area contributed by atoms with E-state index in [1.165, 1.54) is 5.56 Å². The Bertz CT molecular complexity index is 1360. The zero-order chi connectivity index (χ0) is 25.4. The third-order valence-corrected chi connectivity index (χ3v) is 9.45. The summed E-state index contributed by atoms with van der Waals surface area (Å²) in [4.78, 5) is 16.5. The van der Waals surface area contributed by atoms with Gasteiger partial charge in [0.05, 0.1) is 0 Å². The number of ether oxygens (including phenoxy) is 2. The normalized spacial score (nSPS) is 29.4. The van der Waals surface area contributed by atoms with Crippen LogP contribution >= 0.6 is 0 Å². The van der Waals surface area contributed by atoms with Gasteiger partial charge in [-0.15, -0.1) is 0 Å². The van der Waals surface area contributed by atoms with Crippen LogP contribution in [-0.4, -0.2) is 47.8 Å². The fourth-order valence-electron chi connectivity index (χ4n) is 7.46. The molecule has 5 nitrogen and oxygen atoms in total. The summed E-state index contributed by atoms with van der Waals surface area (Å²) in [7, 11) is 2.19. The molecule has 0 amide bonds. The third kappa shape index (κ3) is 3.01. The molecular weight excluding hydrogens is 462 g/mol. The van der Waals surface area contributed by atoms with Gasteiger partial charge in [-0.3, -0.25) is 4.79 Å². The first-order chi connectivity index (χ1) is 17.9. The van der Waals surface area contributed by atoms with E-state index in [4.69, 9.17) is 9.47 Å². The van der Waals surface area contributed by atoms with Crippen molar-refractivity contribution in [2.75, 3.05) is 13.6 Å². The van der Waals surface area contributed by atoms with Crippen LogP contribution in [0.4, 0.5) is 0 Å². The highest BCUT2D eigenvalue weighted by Crippen LogP contribution is 2.62. The van der Waals surface area contributed by atoms with E-state index in [9.17, 15) is 9.90 Å². The number of carbonyl (C=O) groups excluding carboxylic acids is 1. The number of rotatable bonds is 4. The predicted octanol–water partition coefficient (Wildman–Crippen LogP) is 4.40. The Kier molecular flexibility index (Phi) is 4.95. The molecule has 5 heteroatoms. The topological polar surface area (TPSA) is 59.0 Å². The predicted molar refractivity (Wildman–Crippen MR) is 141 cm³/mol. The molecule has 0 radical (unpaired) electrons. The van der Waals surface area contributed by atoms with Crippen molar-refractivity contribution >= 4 is 5.97 Å². The smallest absolute Gasteiger partial charge is 0.326 e. The molecule has 188 valence electrons. The Labute approximate surface area is 217 Å². The summed E-state index contributed by atoms with van der Waals surface area (Å²) in [5, 5.41) is 11.0. The van der Waals surface area contributed by atoms with Gasteiger partial charge in [0, 0.05) is 22.9 Å². The molecule has 5 atom stereocenters. The van der Waals surface area contributed by atoms with Gasteiger partial charge >= 0.3 is 5.97 Å². The van der Waals surface area contributed by atoms with E-state index >= 15 is 0 Å². The van der Waals surface area contributed by atoms with Crippen LogP contribution in [0.25, 0.3) is 0 Å².